The number of thioether (sulfide) groups is 1. The minimum atomic E-state index is -0.468. The average Bonchev–Trinajstić information content (AvgIpc) is 2.62. The van der Waals surface area contributed by atoms with Crippen molar-refractivity contribution >= 4 is 28.8 Å². The highest BCUT2D eigenvalue weighted by molar-refractivity contribution is 8.14. The summed E-state index contributed by atoms with van der Waals surface area (Å²) in [5, 5.41) is 0.300. The predicted octanol–water partition coefficient (Wildman–Crippen LogP) is 1.03. The molecule has 0 unspecified atom stereocenters. The summed E-state index contributed by atoms with van der Waals surface area (Å²) in [6.45, 7) is 0. The smallest absolute Gasteiger partial charge is 0.272 e. The molecule has 1 saturated heterocycles. The van der Waals surface area contributed by atoms with E-state index >= 15 is 0 Å². The van der Waals surface area contributed by atoms with E-state index in [-0.39, 0.29) is 5.75 Å². The molecule has 1 aliphatic rings. The topological polar surface area (TPSA) is 66.5 Å². The fourth-order valence-corrected chi connectivity index (χ4v) is 1.87. The van der Waals surface area contributed by atoms with Crippen LogP contribution in [0.15, 0.2) is 30.3 Å². The van der Waals surface area contributed by atoms with Crippen LogP contribution in [0, 0.1) is 0 Å². The molecule has 82 valence electrons. The highest BCUT2D eigenvalue weighted by Gasteiger charge is 2.31. The second-order valence-electron chi connectivity index (χ2n) is 3.09. The van der Waals surface area contributed by atoms with Crippen molar-refractivity contribution in [1.82, 2.24) is 10.4 Å². The van der Waals surface area contributed by atoms with Crippen molar-refractivity contribution < 1.29 is 14.4 Å². The Morgan fingerprint density at radius 3 is 2.50 bits per heavy atom. The van der Waals surface area contributed by atoms with Gasteiger partial charge < -0.3 is 0 Å². The molecule has 1 fully saturated rings. The minimum absolute atomic E-state index is 0.0773. The number of nitrogens with one attached hydrogen (secondary N) is 1. The summed E-state index contributed by atoms with van der Waals surface area (Å²) in [6.07, 6.45) is 0. The quantitative estimate of drug-likeness (QED) is 0.832. The number of carbonyl (C=O) groups is 3. The van der Waals surface area contributed by atoms with Crippen LogP contribution >= 0.6 is 11.8 Å². The number of rotatable bonds is 2. The van der Waals surface area contributed by atoms with Crippen molar-refractivity contribution in [2.75, 3.05) is 5.75 Å². The van der Waals surface area contributed by atoms with E-state index in [1.54, 1.807) is 30.3 Å². The summed E-state index contributed by atoms with van der Waals surface area (Å²) in [5.74, 6) is -0.794. The summed E-state index contributed by atoms with van der Waals surface area (Å²) >= 11 is 0.873. The van der Waals surface area contributed by atoms with Gasteiger partial charge in [0.1, 0.15) is 0 Å². The van der Waals surface area contributed by atoms with E-state index in [1.807, 2.05) is 0 Å². The Morgan fingerprint density at radius 1 is 1.25 bits per heavy atom. The zero-order valence-electron chi connectivity index (χ0n) is 8.17. The maximum Gasteiger partial charge on any atom is 0.307 e. The molecular formula is C10H8N2O3S. The molecule has 16 heavy (non-hydrogen) atoms. The fourth-order valence-electron chi connectivity index (χ4n) is 1.22. The first-order valence-corrected chi connectivity index (χ1v) is 5.53. The molecule has 0 radical (unpaired) electrons. The molecule has 1 heterocycles. The molecule has 1 aromatic carbocycles. The van der Waals surface area contributed by atoms with Crippen LogP contribution in [0.4, 0.5) is 4.79 Å². The second kappa shape index (κ2) is 4.36. The van der Waals surface area contributed by atoms with Crippen molar-refractivity contribution in [2.45, 2.75) is 0 Å². The van der Waals surface area contributed by atoms with Crippen LogP contribution in [0.5, 0.6) is 0 Å². The van der Waals surface area contributed by atoms with Crippen LogP contribution in [0.2, 0.25) is 0 Å². The molecule has 1 aliphatic heterocycles. The Labute approximate surface area is 95.8 Å². The number of imide groups is 1. The largest absolute Gasteiger partial charge is 0.307 e. The first-order valence-electron chi connectivity index (χ1n) is 4.54. The Morgan fingerprint density at radius 2 is 1.94 bits per heavy atom. The normalized spacial score (nSPS) is 15.4. The van der Waals surface area contributed by atoms with Crippen LogP contribution in [-0.2, 0) is 4.79 Å². The van der Waals surface area contributed by atoms with Crippen LogP contribution in [0.1, 0.15) is 10.4 Å². The Hall–Kier alpha value is -1.82. The summed E-state index contributed by atoms with van der Waals surface area (Å²) in [5.41, 5.74) is 2.67. The Balaban J connectivity index is 2.08. The molecule has 2 rings (SSSR count). The lowest BCUT2D eigenvalue weighted by Gasteiger charge is -2.13. The van der Waals surface area contributed by atoms with Gasteiger partial charge in [-0.3, -0.25) is 19.8 Å². The van der Waals surface area contributed by atoms with Crippen LogP contribution in [0.3, 0.4) is 0 Å². The lowest BCUT2D eigenvalue weighted by atomic mass is 10.2. The Kier molecular flexibility index (Phi) is 2.91. The molecular weight excluding hydrogens is 228 g/mol. The van der Waals surface area contributed by atoms with Crippen molar-refractivity contribution in [3.63, 3.8) is 0 Å². The maximum atomic E-state index is 11.6. The number of hydrazine groups is 1. The van der Waals surface area contributed by atoms with E-state index in [4.69, 9.17) is 0 Å². The molecule has 1 aromatic rings. The molecule has 0 aliphatic carbocycles. The third-order valence-electron chi connectivity index (χ3n) is 2.00. The number of amides is 3. The number of carbonyl (C=O) groups excluding carboxylic acids is 3. The Bertz CT molecular complexity index is 431. The fraction of sp³-hybridized carbons (Fsp3) is 0.100. The van der Waals surface area contributed by atoms with Crippen molar-refractivity contribution in [1.29, 1.82) is 0 Å². The van der Waals surface area contributed by atoms with Crippen molar-refractivity contribution in [3.05, 3.63) is 35.9 Å². The van der Waals surface area contributed by atoms with E-state index in [0.717, 1.165) is 16.8 Å². The third-order valence-corrected chi connectivity index (χ3v) is 2.82. The van der Waals surface area contributed by atoms with Crippen molar-refractivity contribution in [2.24, 2.45) is 0 Å². The highest BCUT2D eigenvalue weighted by Crippen LogP contribution is 2.16. The number of nitrogens with zero attached hydrogens (tertiary/aromatic N) is 1. The van der Waals surface area contributed by atoms with Crippen molar-refractivity contribution in [3.8, 4) is 0 Å². The number of benzene rings is 1. The van der Waals surface area contributed by atoms with E-state index in [1.165, 1.54) is 0 Å². The van der Waals surface area contributed by atoms with Gasteiger partial charge in [0.05, 0.1) is 5.75 Å². The molecule has 3 amide bonds. The summed E-state index contributed by atoms with van der Waals surface area (Å²) < 4.78 is 0. The summed E-state index contributed by atoms with van der Waals surface area (Å²) in [7, 11) is 0. The number of hydrogen-bond acceptors (Lipinski definition) is 4. The summed E-state index contributed by atoms with van der Waals surface area (Å²) in [6, 6.07) is 8.40. The van der Waals surface area contributed by atoms with Crippen LogP contribution < -0.4 is 5.43 Å². The highest BCUT2D eigenvalue weighted by atomic mass is 32.2. The van der Waals surface area contributed by atoms with Gasteiger partial charge in [-0.1, -0.05) is 30.0 Å². The van der Waals surface area contributed by atoms with E-state index < -0.39 is 17.1 Å². The maximum absolute atomic E-state index is 11.6. The first-order chi connectivity index (χ1) is 7.68. The molecule has 0 bridgehead atoms. The van der Waals surface area contributed by atoms with Gasteiger partial charge in [0.2, 0.25) is 0 Å². The molecule has 6 heteroatoms. The van der Waals surface area contributed by atoms with Gasteiger partial charge in [0, 0.05) is 5.56 Å². The number of hydrogen-bond donors (Lipinski definition) is 1. The molecule has 0 spiro atoms. The van der Waals surface area contributed by atoms with Crippen LogP contribution in [0.25, 0.3) is 0 Å². The molecule has 1 N–H and O–H groups in total. The van der Waals surface area contributed by atoms with Gasteiger partial charge in [-0.15, -0.1) is 0 Å². The first kappa shape index (κ1) is 10.7. The molecule has 5 nitrogen and oxygen atoms in total. The van der Waals surface area contributed by atoms with Gasteiger partial charge in [0.25, 0.3) is 11.8 Å². The summed E-state index contributed by atoms with van der Waals surface area (Å²) in [4.78, 5) is 34.1. The van der Waals surface area contributed by atoms with E-state index in [0.29, 0.717) is 5.56 Å². The molecule has 0 aromatic heterocycles. The lowest BCUT2D eigenvalue weighted by Crippen LogP contribution is -2.45. The monoisotopic (exact) mass is 236 g/mol. The standard InChI is InChI=1S/C10H8N2O3S/c13-8-6-16-10(15)12(8)11-9(14)7-4-2-1-3-5-7/h1-5H,6H2,(H,11,14). The predicted molar refractivity (Wildman–Crippen MR) is 58.6 cm³/mol. The SMILES string of the molecule is O=C(NN1C(=O)CSC1=O)c1ccccc1. The lowest BCUT2D eigenvalue weighted by molar-refractivity contribution is -0.126. The van der Waals surface area contributed by atoms with Gasteiger partial charge in [-0.25, -0.2) is 0 Å². The van der Waals surface area contributed by atoms with Gasteiger partial charge in [0.15, 0.2) is 0 Å². The van der Waals surface area contributed by atoms with E-state index in [9.17, 15) is 14.4 Å². The molecule has 0 saturated carbocycles. The van der Waals surface area contributed by atoms with Gasteiger partial charge in [-0.2, -0.15) is 5.01 Å². The average molecular weight is 236 g/mol. The zero-order valence-corrected chi connectivity index (χ0v) is 8.99. The van der Waals surface area contributed by atoms with Gasteiger partial charge >= 0.3 is 5.24 Å². The van der Waals surface area contributed by atoms with E-state index in [2.05, 4.69) is 5.43 Å². The second-order valence-corrected chi connectivity index (χ2v) is 4.02. The van der Waals surface area contributed by atoms with Gasteiger partial charge in [-0.05, 0) is 12.1 Å². The minimum Gasteiger partial charge on any atom is -0.272 e. The van der Waals surface area contributed by atoms with Crippen LogP contribution in [-0.4, -0.2) is 27.8 Å². The third kappa shape index (κ3) is 2.06. The zero-order chi connectivity index (χ0) is 11.5. The molecule has 0 atom stereocenters.